The lowest BCUT2D eigenvalue weighted by molar-refractivity contribution is -0.385. The van der Waals surface area contributed by atoms with Gasteiger partial charge < -0.3 is 10.4 Å². The third-order valence-electron chi connectivity index (χ3n) is 4.20. The topological polar surface area (TPSA) is 110 Å². The first kappa shape index (κ1) is 16.9. The first-order chi connectivity index (χ1) is 11.0. The molecule has 0 heterocycles. The number of nitro groups is 1. The lowest BCUT2D eigenvalue weighted by Crippen LogP contribution is -2.45. The number of nitrogens with zero attached hydrogens (tertiary/aromatic N) is 1. The lowest BCUT2D eigenvalue weighted by Gasteiger charge is -2.23. The molecule has 0 unspecified atom stereocenters. The minimum absolute atomic E-state index is 0.106. The van der Waals surface area contributed by atoms with Crippen LogP contribution in [0.1, 0.15) is 37.7 Å². The van der Waals surface area contributed by atoms with Gasteiger partial charge in [0.25, 0.3) is 5.69 Å². The summed E-state index contributed by atoms with van der Waals surface area (Å²) < 4.78 is 0. The molecule has 2 N–H and O–H groups in total. The third kappa shape index (κ3) is 4.51. The number of hydrogen-bond donors (Lipinski definition) is 2. The second kappa shape index (κ2) is 7.71. The van der Waals surface area contributed by atoms with Crippen LogP contribution in [-0.2, 0) is 16.0 Å². The standard InChI is InChI=1S/C16H20N2O5/c19-15(11-6-2-1-3-7-11)17-13(16(20)21)10-12-8-4-5-9-14(12)18(22)23/h4-5,8-9,11,13H,1-3,6-7,10H2,(H,17,19)(H,20,21)/t13-/m0/s1. The molecule has 7 heteroatoms. The minimum atomic E-state index is -1.19. The zero-order chi connectivity index (χ0) is 16.8. The van der Waals surface area contributed by atoms with Crippen LogP contribution in [0.25, 0.3) is 0 Å². The maximum atomic E-state index is 12.2. The van der Waals surface area contributed by atoms with Gasteiger partial charge in [-0.2, -0.15) is 0 Å². The molecule has 23 heavy (non-hydrogen) atoms. The molecule has 1 amide bonds. The molecule has 124 valence electrons. The van der Waals surface area contributed by atoms with Gasteiger partial charge in [-0.15, -0.1) is 0 Å². The van der Waals surface area contributed by atoms with Crippen molar-refractivity contribution >= 4 is 17.6 Å². The van der Waals surface area contributed by atoms with Gasteiger partial charge in [0.15, 0.2) is 0 Å². The average Bonchev–Trinajstić information content (AvgIpc) is 2.55. The van der Waals surface area contributed by atoms with Crippen molar-refractivity contribution in [2.24, 2.45) is 5.92 Å². The van der Waals surface area contributed by atoms with E-state index in [1.807, 2.05) is 0 Å². The zero-order valence-corrected chi connectivity index (χ0v) is 12.7. The zero-order valence-electron chi connectivity index (χ0n) is 12.7. The number of amides is 1. The van der Waals surface area contributed by atoms with E-state index in [2.05, 4.69) is 5.32 Å². The average molecular weight is 320 g/mol. The fourth-order valence-electron chi connectivity index (χ4n) is 2.94. The molecule has 0 bridgehead atoms. The smallest absolute Gasteiger partial charge is 0.326 e. The molecule has 1 aromatic rings. The number of rotatable bonds is 6. The molecule has 1 aromatic carbocycles. The van der Waals surface area contributed by atoms with E-state index in [4.69, 9.17) is 0 Å². The predicted molar refractivity (Wildman–Crippen MR) is 82.9 cm³/mol. The van der Waals surface area contributed by atoms with Gasteiger partial charge in [0.2, 0.25) is 5.91 Å². The highest BCUT2D eigenvalue weighted by molar-refractivity contribution is 5.85. The molecule has 1 aliphatic carbocycles. The Morgan fingerprint density at radius 3 is 2.52 bits per heavy atom. The Morgan fingerprint density at radius 1 is 1.26 bits per heavy atom. The molecule has 0 aliphatic heterocycles. The summed E-state index contributed by atoms with van der Waals surface area (Å²) in [5.41, 5.74) is 0.166. The van der Waals surface area contributed by atoms with Gasteiger partial charge in [-0.05, 0) is 12.8 Å². The van der Waals surface area contributed by atoms with E-state index < -0.39 is 16.9 Å². The SMILES string of the molecule is O=C(N[C@@H](Cc1ccccc1[N+](=O)[O-])C(=O)O)C1CCCCC1. The monoisotopic (exact) mass is 320 g/mol. The Morgan fingerprint density at radius 2 is 1.91 bits per heavy atom. The summed E-state index contributed by atoms with van der Waals surface area (Å²) in [5.74, 6) is -1.61. The molecule has 1 saturated carbocycles. The van der Waals surface area contributed by atoms with E-state index in [1.54, 1.807) is 6.07 Å². The lowest BCUT2D eigenvalue weighted by atomic mass is 9.88. The highest BCUT2D eigenvalue weighted by Gasteiger charge is 2.28. The van der Waals surface area contributed by atoms with Gasteiger partial charge >= 0.3 is 5.97 Å². The summed E-state index contributed by atoms with van der Waals surface area (Å²) in [5, 5.41) is 22.9. The molecular formula is C16H20N2O5. The van der Waals surface area contributed by atoms with Crippen molar-refractivity contribution < 1.29 is 19.6 Å². The molecular weight excluding hydrogens is 300 g/mol. The summed E-state index contributed by atoms with van der Waals surface area (Å²) in [6, 6.07) is 4.82. The van der Waals surface area contributed by atoms with Gasteiger partial charge in [0, 0.05) is 24.0 Å². The Kier molecular flexibility index (Phi) is 5.67. The van der Waals surface area contributed by atoms with E-state index in [9.17, 15) is 24.8 Å². The molecule has 0 spiro atoms. The first-order valence-corrected chi connectivity index (χ1v) is 7.74. The second-order valence-electron chi connectivity index (χ2n) is 5.82. The Balaban J connectivity index is 2.08. The van der Waals surface area contributed by atoms with Crippen molar-refractivity contribution in [3.63, 3.8) is 0 Å². The number of para-hydroxylation sites is 1. The quantitative estimate of drug-likeness (QED) is 0.617. The fourth-order valence-corrected chi connectivity index (χ4v) is 2.94. The van der Waals surface area contributed by atoms with Crippen LogP contribution in [0.15, 0.2) is 24.3 Å². The Hall–Kier alpha value is -2.44. The van der Waals surface area contributed by atoms with E-state index in [0.29, 0.717) is 5.56 Å². The molecule has 0 radical (unpaired) electrons. The summed E-state index contributed by atoms with van der Waals surface area (Å²) in [6.07, 6.45) is 4.47. The van der Waals surface area contributed by atoms with Gasteiger partial charge in [0.05, 0.1) is 4.92 Å². The van der Waals surface area contributed by atoms with E-state index >= 15 is 0 Å². The molecule has 1 fully saturated rings. The van der Waals surface area contributed by atoms with Crippen LogP contribution in [0, 0.1) is 16.0 Å². The van der Waals surface area contributed by atoms with Crippen molar-refractivity contribution in [1.82, 2.24) is 5.32 Å². The van der Waals surface area contributed by atoms with E-state index in [-0.39, 0.29) is 23.9 Å². The van der Waals surface area contributed by atoms with Crippen molar-refractivity contribution in [3.8, 4) is 0 Å². The Bertz CT molecular complexity index is 596. The summed E-state index contributed by atoms with van der Waals surface area (Å²) >= 11 is 0. The van der Waals surface area contributed by atoms with Crippen LogP contribution in [-0.4, -0.2) is 27.9 Å². The number of carbonyl (C=O) groups excluding carboxylic acids is 1. The molecule has 1 atom stereocenters. The molecule has 1 aliphatic rings. The number of nitro benzene ring substituents is 1. The molecule has 2 rings (SSSR count). The normalized spacial score (nSPS) is 16.5. The molecule has 0 saturated heterocycles. The first-order valence-electron chi connectivity index (χ1n) is 7.74. The van der Waals surface area contributed by atoms with E-state index in [0.717, 1.165) is 32.1 Å². The minimum Gasteiger partial charge on any atom is -0.480 e. The number of aliphatic carboxylic acids is 1. The van der Waals surface area contributed by atoms with Crippen LogP contribution < -0.4 is 5.32 Å². The fraction of sp³-hybridized carbons (Fsp3) is 0.500. The van der Waals surface area contributed by atoms with Gasteiger partial charge in [-0.3, -0.25) is 14.9 Å². The number of carbonyl (C=O) groups is 2. The van der Waals surface area contributed by atoms with Gasteiger partial charge in [-0.25, -0.2) is 4.79 Å². The predicted octanol–water partition coefficient (Wildman–Crippen LogP) is 2.29. The number of benzene rings is 1. The van der Waals surface area contributed by atoms with Crippen molar-refractivity contribution in [2.75, 3.05) is 0 Å². The summed E-state index contributed by atoms with van der Waals surface area (Å²) in [4.78, 5) is 34.1. The van der Waals surface area contributed by atoms with E-state index in [1.165, 1.54) is 18.2 Å². The second-order valence-corrected chi connectivity index (χ2v) is 5.82. The summed E-state index contributed by atoms with van der Waals surface area (Å²) in [7, 11) is 0. The molecule has 7 nitrogen and oxygen atoms in total. The van der Waals surface area contributed by atoms with Gasteiger partial charge in [0.1, 0.15) is 6.04 Å². The Labute approximate surface area is 133 Å². The van der Waals surface area contributed by atoms with Crippen molar-refractivity contribution in [3.05, 3.63) is 39.9 Å². The van der Waals surface area contributed by atoms with Crippen LogP contribution in [0.3, 0.4) is 0 Å². The van der Waals surface area contributed by atoms with Crippen molar-refractivity contribution in [2.45, 2.75) is 44.6 Å². The third-order valence-corrected chi connectivity index (χ3v) is 4.20. The number of carboxylic acid groups (broad SMARTS) is 1. The van der Waals surface area contributed by atoms with Gasteiger partial charge in [-0.1, -0.05) is 37.5 Å². The maximum Gasteiger partial charge on any atom is 0.326 e. The highest BCUT2D eigenvalue weighted by atomic mass is 16.6. The maximum absolute atomic E-state index is 12.2. The van der Waals surface area contributed by atoms with Crippen LogP contribution in [0.4, 0.5) is 5.69 Å². The number of carboxylic acids is 1. The highest BCUT2D eigenvalue weighted by Crippen LogP contribution is 2.24. The van der Waals surface area contributed by atoms with Crippen LogP contribution in [0.5, 0.6) is 0 Å². The largest absolute Gasteiger partial charge is 0.480 e. The molecule has 0 aromatic heterocycles. The van der Waals surface area contributed by atoms with Crippen molar-refractivity contribution in [1.29, 1.82) is 0 Å². The number of nitrogens with one attached hydrogen (secondary N) is 1. The summed E-state index contributed by atoms with van der Waals surface area (Å²) in [6.45, 7) is 0. The van der Waals surface area contributed by atoms with Crippen LogP contribution in [0.2, 0.25) is 0 Å². The van der Waals surface area contributed by atoms with Crippen LogP contribution >= 0.6 is 0 Å². The number of hydrogen-bond acceptors (Lipinski definition) is 4.